The fraction of sp³-hybridized carbons (Fsp3) is 0.545. The van der Waals surface area contributed by atoms with Crippen LogP contribution in [0, 0.1) is 16.7 Å². The molecule has 1 aromatic rings. The van der Waals surface area contributed by atoms with Gasteiger partial charge < -0.3 is 10.4 Å². The van der Waals surface area contributed by atoms with Crippen LogP contribution in [0.15, 0.2) is 12.4 Å². The molecule has 0 aliphatic heterocycles. The lowest BCUT2D eigenvalue weighted by Crippen LogP contribution is -2.25. The molecule has 0 saturated heterocycles. The number of nitriles is 1. The lowest BCUT2D eigenvalue weighted by atomic mass is 9.90. The number of rotatable bonds is 5. The van der Waals surface area contributed by atoms with Gasteiger partial charge in [-0.15, -0.1) is 0 Å². The van der Waals surface area contributed by atoms with E-state index in [1.165, 1.54) is 6.20 Å². The minimum Gasteiger partial charge on any atom is -0.396 e. The van der Waals surface area contributed by atoms with Crippen molar-refractivity contribution >= 4 is 5.82 Å². The number of aromatic nitrogens is 2. The smallest absolute Gasteiger partial charge is 0.182 e. The van der Waals surface area contributed by atoms with Crippen LogP contribution in [0.1, 0.15) is 26.0 Å². The maximum atomic E-state index is 8.89. The number of anilines is 1. The van der Waals surface area contributed by atoms with Gasteiger partial charge in [-0.25, -0.2) is 9.97 Å². The van der Waals surface area contributed by atoms with E-state index < -0.39 is 0 Å². The van der Waals surface area contributed by atoms with Crippen LogP contribution in [-0.4, -0.2) is 28.2 Å². The molecule has 0 unspecified atom stereocenters. The maximum Gasteiger partial charge on any atom is 0.182 e. The van der Waals surface area contributed by atoms with Gasteiger partial charge in [-0.05, 0) is 11.8 Å². The predicted octanol–water partition coefficient (Wildman–Crippen LogP) is 1.17. The first kappa shape index (κ1) is 12.4. The van der Waals surface area contributed by atoms with Crippen molar-refractivity contribution in [1.82, 2.24) is 9.97 Å². The highest BCUT2D eigenvalue weighted by Crippen LogP contribution is 2.20. The van der Waals surface area contributed by atoms with Crippen molar-refractivity contribution in [3.8, 4) is 6.07 Å². The Morgan fingerprint density at radius 2 is 2.12 bits per heavy atom. The standard InChI is InChI=1S/C11H16N4O/c1-11(2,3-6-16)8-15-10-9(7-12)13-4-5-14-10/h4-5,16H,3,6,8H2,1-2H3,(H,14,15). The zero-order valence-corrected chi connectivity index (χ0v) is 9.56. The largest absolute Gasteiger partial charge is 0.396 e. The van der Waals surface area contributed by atoms with Crippen molar-refractivity contribution in [3.05, 3.63) is 18.1 Å². The summed E-state index contributed by atoms with van der Waals surface area (Å²) in [5.74, 6) is 0.496. The van der Waals surface area contributed by atoms with Gasteiger partial charge >= 0.3 is 0 Å². The molecule has 86 valence electrons. The normalized spacial score (nSPS) is 10.9. The Morgan fingerprint density at radius 3 is 2.75 bits per heavy atom. The second kappa shape index (κ2) is 5.42. The van der Waals surface area contributed by atoms with Gasteiger partial charge in [0.2, 0.25) is 0 Å². The van der Waals surface area contributed by atoms with E-state index >= 15 is 0 Å². The van der Waals surface area contributed by atoms with Gasteiger partial charge in [0.05, 0.1) is 0 Å². The molecule has 0 atom stereocenters. The molecule has 0 aliphatic rings. The van der Waals surface area contributed by atoms with Crippen molar-refractivity contribution in [2.75, 3.05) is 18.5 Å². The molecule has 1 aromatic heterocycles. The Bertz CT molecular complexity index is 384. The van der Waals surface area contributed by atoms with E-state index in [1.54, 1.807) is 6.20 Å². The molecule has 0 saturated carbocycles. The molecular weight excluding hydrogens is 204 g/mol. The Labute approximate surface area is 95.2 Å². The van der Waals surface area contributed by atoms with Crippen LogP contribution >= 0.6 is 0 Å². The van der Waals surface area contributed by atoms with Gasteiger partial charge in [0.1, 0.15) is 6.07 Å². The summed E-state index contributed by atoms with van der Waals surface area (Å²) in [6.45, 7) is 4.87. The minimum atomic E-state index is -0.0427. The zero-order valence-electron chi connectivity index (χ0n) is 9.56. The van der Waals surface area contributed by atoms with Crippen LogP contribution in [0.2, 0.25) is 0 Å². The number of aliphatic hydroxyl groups excluding tert-OH is 1. The van der Waals surface area contributed by atoms with Crippen molar-refractivity contribution in [2.24, 2.45) is 5.41 Å². The van der Waals surface area contributed by atoms with E-state index in [0.29, 0.717) is 24.5 Å². The number of nitrogens with zero attached hydrogens (tertiary/aromatic N) is 3. The third-order valence-corrected chi connectivity index (χ3v) is 2.33. The summed E-state index contributed by atoms with van der Waals surface area (Å²) in [5.41, 5.74) is 0.251. The van der Waals surface area contributed by atoms with Crippen LogP contribution in [0.4, 0.5) is 5.82 Å². The Morgan fingerprint density at radius 1 is 1.44 bits per heavy atom. The number of aliphatic hydroxyl groups is 1. The molecule has 0 spiro atoms. The number of hydrogen-bond donors (Lipinski definition) is 2. The van der Waals surface area contributed by atoms with Crippen LogP contribution in [0.5, 0.6) is 0 Å². The Hall–Kier alpha value is -1.67. The SMILES string of the molecule is CC(C)(CCO)CNc1nccnc1C#N. The van der Waals surface area contributed by atoms with Crippen molar-refractivity contribution in [1.29, 1.82) is 5.26 Å². The fourth-order valence-electron chi connectivity index (χ4n) is 1.26. The van der Waals surface area contributed by atoms with Gasteiger partial charge in [-0.2, -0.15) is 5.26 Å². The molecule has 0 amide bonds. The first-order chi connectivity index (χ1) is 7.59. The highest BCUT2D eigenvalue weighted by Gasteiger charge is 2.17. The lowest BCUT2D eigenvalue weighted by Gasteiger charge is -2.24. The summed E-state index contributed by atoms with van der Waals surface area (Å²) in [6, 6.07) is 1.98. The Balaban J connectivity index is 2.65. The van der Waals surface area contributed by atoms with Crippen LogP contribution in [0.3, 0.4) is 0 Å². The van der Waals surface area contributed by atoms with Gasteiger partial charge in [-0.1, -0.05) is 13.8 Å². The topological polar surface area (TPSA) is 81.8 Å². The summed E-state index contributed by atoms with van der Waals surface area (Å²) < 4.78 is 0. The zero-order chi connectivity index (χ0) is 12.0. The molecule has 1 heterocycles. The lowest BCUT2D eigenvalue weighted by molar-refractivity contribution is 0.220. The molecule has 5 nitrogen and oxygen atoms in total. The van der Waals surface area contributed by atoms with Gasteiger partial charge in [-0.3, -0.25) is 0 Å². The van der Waals surface area contributed by atoms with E-state index in [-0.39, 0.29) is 12.0 Å². The second-order valence-corrected chi connectivity index (χ2v) is 4.36. The van der Waals surface area contributed by atoms with Crippen molar-refractivity contribution < 1.29 is 5.11 Å². The fourth-order valence-corrected chi connectivity index (χ4v) is 1.26. The average molecular weight is 220 g/mol. The minimum absolute atomic E-state index is 0.0427. The molecule has 0 aromatic carbocycles. The summed E-state index contributed by atoms with van der Waals surface area (Å²) in [7, 11) is 0. The molecule has 0 bridgehead atoms. The predicted molar refractivity (Wildman–Crippen MR) is 60.7 cm³/mol. The number of nitrogens with one attached hydrogen (secondary N) is 1. The van der Waals surface area contributed by atoms with E-state index in [4.69, 9.17) is 10.4 Å². The molecule has 0 radical (unpaired) electrons. The monoisotopic (exact) mass is 220 g/mol. The Kier molecular flexibility index (Phi) is 4.20. The van der Waals surface area contributed by atoms with E-state index in [0.717, 1.165) is 0 Å². The van der Waals surface area contributed by atoms with E-state index in [9.17, 15) is 0 Å². The number of hydrogen-bond acceptors (Lipinski definition) is 5. The second-order valence-electron chi connectivity index (χ2n) is 4.36. The summed E-state index contributed by atoms with van der Waals surface area (Å²) in [4.78, 5) is 7.96. The van der Waals surface area contributed by atoms with E-state index in [1.807, 2.05) is 19.9 Å². The van der Waals surface area contributed by atoms with Gasteiger partial charge in [0.25, 0.3) is 0 Å². The molecule has 1 rings (SSSR count). The van der Waals surface area contributed by atoms with Crippen LogP contribution in [-0.2, 0) is 0 Å². The maximum absolute atomic E-state index is 8.89. The molecule has 0 fully saturated rings. The van der Waals surface area contributed by atoms with E-state index in [2.05, 4.69) is 15.3 Å². The summed E-state index contributed by atoms with van der Waals surface area (Å²) >= 11 is 0. The average Bonchev–Trinajstić information content (AvgIpc) is 2.27. The quantitative estimate of drug-likeness (QED) is 0.778. The third-order valence-electron chi connectivity index (χ3n) is 2.33. The molecule has 0 aliphatic carbocycles. The summed E-state index contributed by atoms with van der Waals surface area (Å²) in [5, 5.41) is 20.8. The first-order valence-electron chi connectivity index (χ1n) is 5.15. The first-order valence-corrected chi connectivity index (χ1v) is 5.15. The van der Waals surface area contributed by atoms with Crippen LogP contribution in [0.25, 0.3) is 0 Å². The van der Waals surface area contributed by atoms with Gasteiger partial charge in [0, 0.05) is 25.5 Å². The van der Waals surface area contributed by atoms with Crippen LogP contribution < -0.4 is 5.32 Å². The third kappa shape index (κ3) is 3.48. The molecule has 16 heavy (non-hydrogen) atoms. The molecular formula is C11H16N4O. The summed E-state index contributed by atoms with van der Waals surface area (Å²) in [6.07, 6.45) is 3.73. The van der Waals surface area contributed by atoms with Crippen molar-refractivity contribution in [3.63, 3.8) is 0 Å². The van der Waals surface area contributed by atoms with Gasteiger partial charge in [0.15, 0.2) is 11.5 Å². The van der Waals surface area contributed by atoms with Crippen molar-refractivity contribution in [2.45, 2.75) is 20.3 Å². The highest BCUT2D eigenvalue weighted by atomic mass is 16.3. The molecule has 2 N–H and O–H groups in total. The highest BCUT2D eigenvalue weighted by molar-refractivity contribution is 5.46. The molecule has 5 heteroatoms.